The fourth-order valence-electron chi connectivity index (χ4n) is 1.68. The molecule has 1 atom stereocenters. The van der Waals surface area contributed by atoms with Crippen LogP contribution in [0.15, 0.2) is 0 Å². The lowest BCUT2D eigenvalue weighted by atomic mass is 9.74. The van der Waals surface area contributed by atoms with Crippen LogP contribution in [0.1, 0.15) is 75.7 Å². The van der Waals surface area contributed by atoms with Crippen molar-refractivity contribution < 1.29 is 19.4 Å². The molecule has 0 radical (unpaired) electrons. The molecular formula is C18H36O4. The van der Waals surface area contributed by atoms with Crippen LogP contribution in [0.4, 0.5) is 0 Å². The fraction of sp³-hybridized carbons (Fsp3) is 0.944. The Morgan fingerprint density at radius 3 is 1.82 bits per heavy atom. The van der Waals surface area contributed by atoms with Crippen LogP contribution in [0.2, 0.25) is 0 Å². The molecule has 0 aromatic carbocycles. The monoisotopic (exact) mass is 316 g/mol. The van der Waals surface area contributed by atoms with Gasteiger partial charge in [-0.1, -0.05) is 13.8 Å². The van der Waals surface area contributed by atoms with Gasteiger partial charge < -0.3 is 14.6 Å². The number of carbonyl (C=O) groups excluding carboxylic acids is 1. The third kappa shape index (κ3) is 6.66. The molecule has 0 rings (SSSR count). The highest BCUT2D eigenvalue weighted by atomic mass is 16.6. The number of ether oxygens (including phenoxy) is 2. The molecule has 0 fully saturated rings. The summed E-state index contributed by atoms with van der Waals surface area (Å²) in [6.07, 6.45) is 0.779. The molecule has 0 heterocycles. The maximum Gasteiger partial charge on any atom is 0.312 e. The average molecular weight is 316 g/mol. The summed E-state index contributed by atoms with van der Waals surface area (Å²) in [5, 5.41) is 9.97. The van der Waals surface area contributed by atoms with E-state index in [2.05, 4.69) is 13.8 Å². The minimum absolute atomic E-state index is 0.174. The standard InChI is InChI=1S/C18H36O4/c1-13(17(7,8)20)14(19)22-18(9,10)16(5,6)11-12-21-15(2,3)4/h13,20H,11-12H2,1-10H3. The lowest BCUT2D eigenvalue weighted by Gasteiger charge is -2.42. The van der Waals surface area contributed by atoms with Crippen molar-refractivity contribution in [2.45, 2.75) is 92.5 Å². The van der Waals surface area contributed by atoms with Crippen molar-refractivity contribution in [1.29, 1.82) is 0 Å². The SMILES string of the molecule is CC(C(=O)OC(C)(C)C(C)(C)CCOC(C)(C)C)C(C)(C)O. The maximum atomic E-state index is 12.3. The van der Waals surface area contributed by atoms with E-state index < -0.39 is 17.1 Å². The van der Waals surface area contributed by atoms with Gasteiger partial charge in [0.2, 0.25) is 0 Å². The first-order valence-electron chi connectivity index (χ1n) is 8.09. The van der Waals surface area contributed by atoms with Crippen LogP contribution in [-0.2, 0) is 14.3 Å². The third-order valence-electron chi connectivity index (χ3n) is 4.66. The first-order chi connectivity index (χ1) is 9.50. The Balaban J connectivity index is 4.79. The summed E-state index contributed by atoms with van der Waals surface area (Å²) in [5.74, 6) is -0.948. The second-order valence-corrected chi connectivity index (χ2v) is 8.90. The zero-order valence-electron chi connectivity index (χ0n) is 16.2. The molecule has 0 spiro atoms. The highest BCUT2D eigenvalue weighted by Crippen LogP contribution is 2.38. The van der Waals surface area contributed by atoms with Gasteiger partial charge in [0, 0.05) is 12.0 Å². The van der Waals surface area contributed by atoms with Gasteiger partial charge in [0.15, 0.2) is 0 Å². The molecule has 0 amide bonds. The first-order valence-corrected chi connectivity index (χ1v) is 8.09. The Morgan fingerprint density at radius 2 is 1.45 bits per heavy atom. The van der Waals surface area contributed by atoms with E-state index in [4.69, 9.17) is 9.47 Å². The van der Waals surface area contributed by atoms with Crippen molar-refractivity contribution in [2.24, 2.45) is 11.3 Å². The molecular weight excluding hydrogens is 280 g/mol. The number of aliphatic hydroxyl groups is 1. The molecule has 0 aliphatic heterocycles. The topological polar surface area (TPSA) is 55.8 Å². The van der Waals surface area contributed by atoms with Crippen molar-refractivity contribution >= 4 is 5.97 Å². The zero-order chi connectivity index (χ0) is 18.0. The number of hydrogen-bond donors (Lipinski definition) is 1. The number of esters is 1. The Bertz CT molecular complexity index is 370. The van der Waals surface area contributed by atoms with Crippen molar-refractivity contribution in [2.75, 3.05) is 6.61 Å². The first kappa shape index (κ1) is 21.4. The van der Waals surface area contributed by atoms with Gasteiger partial charge in [-0.15, -0.1) is 0 Å². The van der Waals surface area contributed by atoms with Gasteiger partial charge in [0.1, 0.15) is 5.60 Å². The fourth-order valence-corrected chi connectivity index (χ4v) is 1.68. The zero-order valence-corrected chi connectivity index (χ0v) is 16.2. The second-order valence-electron chi connectivity index (χ2n) is 8.90. The normalized spacial score (nSPS) is 15.6. The van der Waals surface area contributed by atoms with E-state index in [9.17, 15) is 9.90 Å². The third-order valence-corrected chi connectivity index (χ3v) is 4.66. The van der Waals surface area contributed by atoms with E-state index >= 15 is 0 Å². The van der Waals surface area contributed by atoms with E-state index in [0.717, 1.165) is 6.42 Å². The molecule has 1 N–H and O–H groups in total. The lowest BCUT2D eigenvalue weighted by Crippen LogP contribution is -2.47. The summed E-state index contributed by atoms with van der Waals surface area (Å²) >= 11 is 0. The van der Waals surface area contributed by atoms with Crippen LogP contribution in [0.25, 0.3) is 0 Å². The van der Waals surface area contributed by atoms with Gasteiger partial charge in [0.25, 0.3) is 0 Å². The minimum Gasteiger partial charge on any atom is -0.459 e. The molecule has 4 heteroatoms. The number of carbonyl (C=O) groups is 1. The van der Waals surface area contributed by atoms with Gasteiger partial charge in [-0.05, 0) is 61.8 Å². The number of hydrogen-bond acceptors (Lipinski definition) is 4. The second kappa shape index (κ2) is 6.88. The average Bonchev–Trinajstić information content (AvgIpc) is 2.23. The summed E-state index contributed by atoms with van der Waals surface area (Å²) in [5.41, 5.74) is -2.16. The Hall–Kier alpha value is -0.610. The summed E-state index contributed by atoms with van der Waals surface area (Å²) in [6.45, 7) is 19.6. The van der Waals surface area contributed by atoms with Crippen molar-refractivity contribution in [1.82, 2.24) is 0 Å². The molecule has 0 aromatic rings. The van der Waals surface area contributed by atoms with Gasteiger partial charge >= 0.3 is 5.97 Å². The van der Waals surface area contributed by atoms with E-state index in [1.54, 1.807) is 20.8 Å². The predicted octanol–water partition coefficient (Wildman–Crippen LogP) is 3.95. The minimum atomic E-state index is -1.09. The molecule has 1 unspecified atom stereocenters. The molecule has 0 saturated carbocycles. The number of rotatable bonds is 7. The Morgan fingerprint density at radius 1 is 1.00 bits per heavy atom. The summed E-state index contributed by atoms with van der Waals surface area (Å²) in [6, 6.07) is 0. The van der Waals surface area contributed by atoms with Crippen LogP contribution in [0.5, 0.6) is 0 Å². The summed E-state index contributed by atoms with van der Waals surface area (Å²) in [7, 11) is 0. The molecule has 0 aliphatic carbocycles. The van der Waals surface area contributed by atoms with Gasteiger partial charge in [-0.25, -0.2) is 0 Å². The van der Waals surface area contributed by atoms with Crippen LogP contribution in [0.3, 0.4) is 0 Å². The van der Waals surface area contributed by atoms with Crippen molar-refractivity contribution in [3.8, 4) is 0 Å². The van der Waals surface area contributed by atoms with E-state index in [-0.39, 0.29) is 17.0 Å². The van der Waals surface area contributed by atoms with Crippen LogP contribution < -0.4 is 0 Å². The summed E-state index contributed by atoms with van der Waals surface area (Å²) < 4.78 is 11.5. The maximum absolute atomic E-state index is 12.3. The Labute approximate surface area is 136 Å². The van der Waals surface area contributed by atoms with Crippen LogP contribution >= 0.6 is 0 Å². The van der Waals surface area contributed by atoms with Crippen molar-refractivity contribution in [3.63, 3.8) is 0 Å². The Kier molecular flexibility index (Phi) is 6.69. The smallest absolute Gasteiger partial charge is 0.312 e. The van der Waals surface area contributed by atoms with E-state index in [0.29, 0.717) is 6.61 Å². The molecule has 0 aliphatic rings. The molecule has 4 nitrogen and oxygen atoms in total. The van der Waals surface area contributed by atoms with Crippen LogP contribution in [0, 0.1) is 11.3 Å². The largest absolute Gasteiger partial charge is 0.459 e. The predicted molar refractivity (Wildman–Crippen MR) is 89.7 cm³/mol. The highest BCUT2D eigenvalue weighted by molar-refractivity contribution is 5.73. The molecule has 0 saturated heterocycles. The van der Waals surface area contributed by atoms with Crippen LogP contribution in [-0.4, -0.2) is 34.5 Å². The van der Waals surface area contributed by atoms with Gasteiger partial charge in [-0.2, -0.15) is 0 Å². The molecule has 0 bridgehead atoms. The molecule has 22 heavy (non-hydrogen) atoms. The molecule has 132 valence electrons. The van der Waals surface area contributed by atoms with E-state index in [1.165, 1.54) is 0 Å². The summed E-state index contributed by atoms with van der Waals surface area (Å²) in [4.78, 5) is 12.3. The van der Waals surface area contributed by atoms with Gasteiger partial charge in [-0.3, -0.25) is 4.79 Å². The van der Waals surface area contributed by atoms with Gasteiger partial charge in [0.05, 0.1) is 17.1 Å². The molecule has 0 aromatic heterocycles. The van der Waals surface area contributed by atoms with Crippen molar-refractivity contribution in [3.05, 3.63) is 0 Å². The highest BCUT2D eigenvalue weighted by Gasteiger charge is 2.42. The lowest BCUT2D eigenvalue weighted by molar-refractivity contribution is -0.182. The quantitative estimate of drug-likeness (QED) is 0.723. The van der Waals surface area contributed by atoms with E-state index in [1.807, 2.05) is 34.6 Å².